The van der Waals surface area contributed by atoms with Crippen LogP contribution in [0.5, 0.6) is 0 Å². The minimum Gasteiger partial charge on any atom is -0.381 e. The van der Waals surface area contributed by atoms with Gasteiger partial charge < -0.3 is 20.3 Å². The van der Waals surface area contributed by atoms with Crippen LogP contribution in [0.15, 0.2) is 30.3 Å². The Hall–Kier alpha value is -1.59. The predicted molar refractivity (Wildman–Crippen MR) is 99.7 cm³/mol. The quantitative estimate of drug-likeness (QED) is 0.832. The summed E-state index contributed by atoms with van der Waals surface area (Å²) in [6.07, 6.45) is 5.25. The molecule has 2 aliphatic heterocycles. The molecule has 5 heteroatoms. The van der Waals surface area contributed by atoms with E-state index in [-0.39, 0.29) is 12.1 Å². The van der Waals surface area contributed by atoms with Crippen molar-refractivity contribution in [2.24, 2.45) is 5.92 Å². The van der Waals surface area contributed by atoms with Gasteiger partial charge in [-0.3, -0.25) is 0 Å². The number of carbonyl (C=O) groups is 1. The highest BCUT2D eigenvalue weighted by Gasteiger charge is 2.23. The van der Waals surface area contributed by atoms with Gasteiger partial charge in [-0.05, 0) is 50.1 Å². The van der Waals surface area contributed by atoms with E-state index >= 15 is 0 Å². The van der Waals surface area contributed by atoms with E-state index in [1.807, 2.05) is 0 Å². The van der Waals surface area contributed by atoms with Gasteiger partial charge in [0.25, 0.3) is 0 Å². The Labute approximate surface area is 151 Å². The third-order valence-corrected chi connectivity index (χ3v) is 5.27. The fourth-order valence-electron chi connectivity index (χ4n) is 3.74. The fraction of sp³-hybridized carbons (Fsp3) is 0.650. The molecular weight excluding hydrogens is 314 g/mol. The van der Waals surface area contributed by atoms with Crippen molar-refractivity contribution < 1.29 is 9.53 Å². The number of urea groups is 1. The van der Waals surface area contributed by atoms with Gasteiger partial charge in [0.05, 0.1) is 0 Å². The first-order valence-corrected chi connectivity index (χ1v) is 9.68. The minimum absolute atomic E-state index is 0.0189. The first-order valence-electron chi connectivity index (χ1n) is 9.68. The lowest BCUT2D eigenvalue weighted by Crippen LogP contribution is -2.44. The molecule has 0 bridgehead atoms. The van der Waals surface area contributed by atoms with Crippen molar-refractivity contribution in [2.75, 3.05) is 39.4 Å². The molecule has 0 spiro atoms. The summed E-state index contributed by atoms with van der Waals surface area (Å²) in [4.78, 5) is 14.6. The van der Waals surface area contributed by atoms with E-state index < -0.39 is 0 Å². The van der Waals surface area contributed by atoms with Crippen LogP contribution in [0.4, 0.5) is 4.79 Å². The van der Waals surface area contributed by atoms with Crippen molar-refractivity contribution in [3.63, 3.8) is 0 Å². The Balaban J connectivity index is 1.30. The maximum absolute atomic E-state index is 12.1. The third kappa shape index (κ3) is 6.33. The van der Waals surface area contributed by atoms with Crippen molar-refractivity contribution in [1.29, 1.82) is 0 Å². The maximum Gasteiger partial charge on any atom is 0.315 e. The van der Waals surface area contributed by atoms with Crippen molar-refractivity contribution in [3.8, 4) is 0 Å². The Morgan fingerprint density at radius 3 is 2.92 bits per heavy atom. The number of benzene rings is 1. The minimum atomic E-state index is -0.0189. The molecule has 25 heavy (non-hydrogen) atoms. The highest BCUT2D eigenvalue weighted by atomic mass is 16.5. The normalized spacial score (nSPS) is 24.6. The molecule has 2 saturated heterocycles. The number of ether oxygens (including phenoxy) is 1. The SMILES string of the molecule is O=C(NCC1CCN(CCc2ccccc2)C1)NC1CCCOCC1. The van der Waals surface area contributed by atoms with Crippen LogP contribution in [-0.2, 0) is 11.2 Å². The average Bonchev–Trinajstić information content (AvgIpc) is 2.94. The lowest BCUT2D eigenvalue weighted by molar-refractivity contribution is 0.142. The largest absolute Gasteiger partial charge is 0.381 e. The third-order valence-electron chi connectivity index (χ3n) is 5.27. The van der Waals surface area contributed by atoms with Crippen LogP contribution in [0.2, 0.25) is 0 Å². The summed E-state index contributed by atoms with van der Waals surface area (Å²) < 4.78 is 5.44. The number of amides is 2. The molecule has 2 fully saturated rings. The number of hydrogen-bond donors (Lipinski definition) is 2. The molecule has 3 rings (SSSR count). The van der Waals surface area contributed by atoms with E-state index in [1.54, 1.807) is 0 Å². The molecule has 2 N–H and O–H groups in total. The van der Waals surface area contributed by atoms with Gasteiger partial charge in [0.1, 0.15) is 0 Å². The van der Waals surface area contributed by atoms with Crippen molar-refractivity contribution in [1.82, 2.24) is 15.5 Å². The summed E-state index contributed by atoms with van der Waals surface area (Å²) in [6.45, 7) is 5.68. The van der Waals surface area contributed by atoms with Crippen molar-refractivity contribution in [2.45, 2.75) is 38.1 Å². The van der Waals surface area contributed by atoms with E-state index in [4.69, 9.17) is 4.74 Å². The van der Waals surface area contributed by atoms with Gasteiger partial charge in [0.2, 0.25) is 0 Å². The molecule has 138 valence electrons. The zero-order valence-electron chi connectivity index (χ0n) is 15.1. The van der Waals surface area contributed by atoms with Gasteiger partial charge in [0, 0.05) is 38.9 Å². The number of likely N-dealkylation sites (tertiary alicyclic amines) is 1. The first-order chi connectivity index (χ1) is 12.3. The molecule has 2 aliphatic rings. The molecule has 2 heterocycles. The molecular formula is C20H31N3O2. The predicted octanol–water partition coefficient (Wildman–Crippen LogP) is 2.42. The van der Waals surface area contributed by atoms with Gasteiger partial charge in [-0.15, -0.1) is 0 Å². The summed E-state index contributed by atoms with van der Waals surface area (Å²) in [7, 11) is 0. The van der Waals surface area contributed by atoms with E-state index in [0.717, 1.165) is 65.1 Å². The van der Waals surface area contributed by atoms with Gasteiger partial charge in [-0.1, -0.05) is 30.3 Å². The summed E-state index contributed by atoms with van der Waals surface area (Å²) in [5.74, 6) is 0.569. The number of nitrogens with zero attached hydrogens (tertiary/aromatic N) is 1. The van der Waals surface area contributed by atoms with Gasteiger partial charge in [-0.2, -0.15) is 0 Å². The standard InChI is InChI=1S/C20H31N3O2/c24-20(22-19-7-4-13-25-14-10-19)21-15-18-9-12-23(16-18)11-8-17-5-2-1-3-6-17/h1-3,5-6,18-19H,4,7-16H2,(H2,21,22,24). The van der Waals surface area contributed by atoms with Gasteiger partial charge in [-0.25, -0.2) is 4.79 Å². The molecule has 2 amide bonds. The second-order valence-corrected chi connectivity index (χ2v) is 7.29. The molecule has 1 aromatic carbocycles. The first kappa shape index (κ1) is 18.2. The molecule has 1 aromatic rings. The zero-order valence-corrected chi connectivity index (χ0v) is 15.1. The van der Waals surface area contributed by atoms with Crippen LogP contribution in [0, 0.1) is 5.92 Å². The average molecular weight is 345 g/mol. The van der Waals surface area contributed by atoms with Gasteiger partial charge in [0.15, 0.2) is 0 Å². The Bertz CT molecular complexity index is 515. The summed E-state index contributed by atoms with van der Waals surface area (Å²) in [5.41, 5.74) is 1.40. The lowest BCUT2D eigenvalue weighted by atomic mass is 10.1. The molecule has 0 aliphatic carbocycles. The molecule has 2 unspecified atom stereocenters. The molecule has 0 aromatic heterocycles. The Kier molecular flexibility index (Phi) is 7.12. The van der Waals surface area contributed by atoms with Crippen LogP contribution >= 0.6 is 0 Å². The number of carbonyl (C=O) groups excluding carboxylic acids is 1. The lowest BCUT2D eigenvalue weighted by Gasteiger charge is -2.18. The van der Waals surface area contributed by atoms with E-state index in [1.165, 1.54) is 12.0 Å². The van der Waals surface area contributed by atoms with Crippen molar-refractivity contribution in [3.05, 3.63) is 35.9 Å². The van der Waals surface area contributed by atoms with E-state index in [2.05, 4.69) is 45.9 Å². The monoisotopic (exact) mass is 345 g/mol. The van der Waals surface area contributed by atoms with Crippen LogP contribution in [0.3, 0.4) is 0 Å². The fourth-order valence-corrected chi connectivity index (χ4v) is 3.74. The van der Waals surface area contributed by atoms with E-state index in [9.17, 15) is 4.79 Å². The Morgan fingerprint density at radius 1 is 1.16 bits per heavy atom. The zero-order chi connectivity index (χ0) is 17.3. The number of nitrogens with one attached hydrogen (secondary N) is 2. The smallest absolute Gasteiger partial charge is 0.315 e. The molecule has 0 saturated carbocycles. The van der Waals surface area contributed by atoms with Crippen LogP contribution < -0.4 is 10.6 Å². The Morgan fingerprint density at radius 2 is 2.04 bits per heavy atom. The molecule has 5 nitrogen and oxygen atoms in total. The summed E-state index contributed by atoms with van der Waals surface area (Å²) >= 11 is 0. The number of hydrogen-bond acceptors (Lipinski definition) is 3. The number of rotatable bonds is 6. The highest BCUT2D eigenvalue weighted by molar-refractivity contribution is 5.74. The van der Waals surface area contributed by atoms with Crippen LogP contribution in [0.25, 0.3) is 0 Å². The highest BCUT2D eigenvalue weighted by Crippen LogP contribution is 2.16. The second-order valence-electron chi connectivity index (χ2n) is 7.29. The van der Waals surface area contributed by atoms with Crippen LogP contribution in [0.1, 0.15) is 31.2 Å². The molecule has 2 atom stereocenters. The topological polar surface area (TPSA) is 53.6 Å². The maximum atomic E-state index is 12.1. The van der Waals surface area contributed by atoms with E-state index in [0.29, 0.717) is 5.92 Å². The summed E-state index contributed by atoms with van der Waals surface area (Å²) in [6, 6.07) is 10.9. The molecule has 0 radical (unpaired) electrons. The van der Waals surface area contributed by atoms with Gasteiger partial charge >= 0.3 is 6.03 Å². The van der Waals surface area contributed by atoms with Crippen LogP contribution in [-0.4, -0.2) is 56.4 Å². The summed E-state index contributed by atoms with van der Waals surface area (Å²) in [5, 5.41) is 6.17. The van der Waals surface area contributed by atoms with Crippen molar-refractivity contribution >= 4 is 6.03 Å². The second kappa shape index (κ2) is 9.78.